The van der Waals surface area contributed by atoms with Crippen molar-refractivity contribution in [1.29, 1.82) is 0 Å². The molecule has 0 saturated heterocycles. The lowest BCUT2D eigenvalue weighted by Crippen LogP contribution is -2.00. The van der Waals surface area contributed by atoms with Gasteiger partial charge in [-0.1, -0.05) is 103 Å². The summed E-state index contributed by atoms with van der Waals surface area (Å²) in [5, 5.41) is 3.11. The molecule has 0 radical (unpaired) electrons. The van der Waals surface area contributed by atoms with Crippen molar-refractivity contribution in [2.75, 3.05) is 0 Å². The van der Waals surface area contributed by atoms with Gasteiger partial charge < -0.3 is 4.42 Å². The summed E-state index contributed by atoms with van der Waals surface area (Å²) >= 11 is 8.18. The standard InChI is InChI=1S/C37H20ClN5OS/c38-37-39-30-23-15-7-8-20-28(23)45-33(30)31(40-37)26-18-9-16-24-29-25(17-10-19-27(29)44-32(24)26)36-42-34(21-11-3-1-4-12-21)41-35(43-36)22-13-5-2-6-14-22/h1-20H. The fourth-order valence-corrected chi connectivity index (χ4v) is 7.21. The number of rotatable bonds is 4. The number of halogens is 1. The van der Waals surface area contributed by atoms with Crippen molar-refractivity contribution in [3.63, 3.8) is 0 Å². The maximum atomic E-state index is 6.62. The summed E-state index contributed by atoms with van der Waals surface area (Å²) in [5.41, 5.74) is 6.56. The number of thiophene rings is 1. The topological polar surface area (TPSA) is 77.6 Å². The smallest absolute Gasteiger partial charge is 0.223 e. The molecular formula is C37H20ClN5OS. The molecule has 5 aromatic carbocycles. The first kappa shape index (κ1) is 25.9. The highest BCUT2D eigenvalue weighted by molar-refractivity contribution is 7.26. The third kappa shape index (κ3) is 4.28. The summed E-state index contributed by atoms with van der Waals surface area (Å²) < 4.78 is 8.71. The van der Waals surface area contributed by atoms with Gasteiger partial charge in [0.2, 0.25) is 5.28 Å². The molecule has 0 N–H and O–H groups in total. The number of furan rings is 1. The molecule has 4 aromatic heterocycles. The molecule has 8 heteroatoms. The fourth-order valence-electron chi connectivity index (χ4n) is 5.90. The van der Waals surface area contributed by atoms with Gasteiger partial charge in [-0.25, -0.2) is 24.9 Å². The third-order valence-electron chi connectivity index (χ3n) is 7.91. The van der Waals surface area contributed by atoms with E-state index in [1.165, 1.54) is 0 Å². The van der Waals surface area contributed by atoms with E-state index in [0.29, 0.717) is 23.1 Å². The van der Waals surface area contributed by atoms with Crippen molar-refractivity contribution < 1.29 is 4.42 Å². The maximum absolute atomic E-state index is 6.62. The van der Waals surface area contributed by atoms with E-state index in [4.69, 9.17) is 36.0 Å². The SMILES string of the molecule is Clc1nc(-c2cccc3c2oc2cccc(-c4nc(-c5ccccc5)nc(-c5ccccc5)n4)c23)c2sc3ccccc3c2n1. The van der Waals surface area contributed by atoms with Crippen molar-refractivity contribution in [2.24, 2.45) is 0 Å². The van der Waals surface area contributed by atoms with Gasteiger partial charge in [0, 0.05) is 43.1 Å². The summed E-state index contributed by atoms with van der Waals surface area (Å²) in [6.07, 6.45) is 0. The minimum atomic E-state index is 0.196. The molecule has 0 unspecified atom stereocenters. The quantitative estimate of drug-likeness (QED) is 0.183. The maximum Gasteiger partial charge on any atom is 0.223 e. The van der Waals surface area contributed by atoms with E-state index in [-0.39, 0.29) is 5.28 Å². The minimum absolute atomic E-state index is 0.196. The van der Waals surface area contributed by atoms with Crippen LogP contribution in [0, 0.1) is 0 Å². The number of hydrogen-bond acceptors (Lipinski definition) is 7. The zero-order valence-electron chi connectivity index (χ0n) is 23.5. The Morgan fingerprint density at radius 2 is 1.16 bits per heavy atom. The van der Waals surface area contributed by atoms with Crippen molar-refractivity contribution in [1.82, 2.24) is 24.9 Å². The van der Waals surface area contributed by atoms with Crippen LogP contribution in [-0.4, -0.2) is 24.9 Å². The zero-order chi connectivity index (χ0) is 29.9. The molecule has 6 nitrogen and oxygen atoms in total. The van der Waals surface area contributed by atoms with Crippen LogP contribution >= 0.6 is 22.9 Å². The molecule has 4 heterocycles. The molecule has 9 rings (SSSR count). The van der Waals surface area contributed by atoms with Crippen LogP contribution in [0.5, 0.6) is 0 Å². The molecule has 9 aromatic rings. The van der Waals surface area contributed by atoms with Gasteiger partial charge in [0.15, 0.2) is 17.5 Å². The lowest BCUT2D eigenvalue weighted by Gasteiger charge is -2.09. The van der Waals surface area contributed by atoms with Gasteiger partial charge in [-0.15, -0.1) is 11.3 Å². The first-order chi connectivity index (χ1) is 22.2. The van der Waals surface area contributed by atoms with Gasteiger partial charge in [0.1, 0.15) is 11.2 Å². The molecule has 0 aliphatic carbocycles. The summed E-state index contributed by atoms with van der Waals surface area (Å²) in [4.78, 5) is 24.2. The summed E-state index contributed by atoms with van der Waals surface area (Å²) in [6, 6.07) is 40.2. The Morgan fingerprint density at radius 1 is 0.533 bits per heavy atom. The van der Waals surface area contributed by atoms with Crippen LogP contribution in [0.1, 0.15) is 0 Å². The summed E-state index contributed by atoms with van der Waals surface area (Å²) in [7, 11) is 0. The van der Waals surface area contributed by atoms with Crippen LogP contribution < -0.4 is 0 Å². The number of para-hydroxylation sites is 1. The molecule has 0 amide bonds. The Morgan fingerprint density at radius 3 is 1.91 bits per heavy atom. The fraction of sp³-hybridized carbons (Fsp3) is 0. The number of hydrogen-bond donors (Lipinski definition) is 0. The molecule has 0 spiro atoms. The predicted molar refractivity (Wildman–Crippen MR) is 182 cm³/mol. The molecule has 0 fully saturated rings. The van der Waals surface area contributed by atoms with Crippen LogP contribution in [0.25, 0.3) is 87.7 Å². The third-order valence-corrected chi connectivity index (χ3v) is 9.25. The van der Waals surface area contributed by atoms with Gasteiger partial charge in [0.25, 0.3) is 0 Å². The average molecular weight is 618 g/mol. The van der Waals surface area contributed by atoms with E-state index in [0.717, 1.165) is 64.6 Å². The lowest BCUT2D eigenvalue weighted by molar-refractivity contribution is 0.670. The van der Waals surface area contributed by atoms with E-state index in [1.54, 1.807) is 11.3 Å². The Labute approximate surface area is 265 Å². The second-order valence-corrected chi connectivity index (χ2v) is 12.0. The molecule has 45 heavy (non-hydrogen) atoms. The predicted octanol–water partition coefficient (Wildman–Crippen LogP) is 10.3. The van der Waals surface area contributed by atoms with Crippen molar-refractivity contribution in [3.05, 3.63) is 127 Å². The molecular weight excluding hydrogens is 598 g/mol. The summed E-state index contributed by atoms with van der Waals surface area (Å²) in [6.45, 7) is 0. The van der Waals surface area contributed by atoms with Crippen molar-refractivity contribution in [2.45, 2.75) is 0 Å². The monoisotopic (exact) mass is 617 g/mol. The van der Waals surface area contributed by atoms with Gasteiger partial charge in [0.05, 0.1) is 15.9 Å². The van der Waals surface area contributed by atoms with Crippen molar-refractivity contribution in [3.8, 4) is 45.4 Å². The highest BCUT2D eigenvalue weighted by Crippen LogP contribution is 2.44. The normalized spacial score (nSPS) is 11.7. The van der Waals surface area contributed by atoms with Crippen LogP contribution in [0.2, 0.25) is 5.28 Å². The van der Waals surface area contributed by atoms with E-state index in [1.807, 2.05) is 103 Å². The van der Waals surface area contributed by atoms with Crippen LogP contribution in [-0.2, 0) is 0 Å². The molecule has 0 aliphatic rings. The van der Waals surface area contributed by atoms with Gasteiger partial charge in [-0.05, 0) is 29.8 Å². The average Bonchev–Trinajstić information content (AvgIpc) is 3.67. The van der Waals surface area contributed by atoms with E-state index >= 15 is 0 Å². The molecule has 0 aliphatic heterocycles. The Kier molecular flexibility index (Phi) is 5.94. The molecule has 212 valence electrons. The highest BCUT2D eigenvalue weighted by atomic mass is 35.5. The number of nitrogens with zero attached hydrogens (tertiary/aromatic N) is 5. The first-order valence-electron chi connectivity index (χ1n) is 14.4. The second kappa shape index (κ2) is 10.3. The van der Waals surface area contributed by atoms with Gasteiger partial charge >= 0.3 is 0 Å². The molecule has 0 atom stereocenters. The number of benzene rings is 5. The Hall–Kier alpha value is -5.50. The molecule has 0 saturated carbocycles. The van der Waals surface area contributed by atoms with E-state index in [9.17, 15) is 0 Å². The number of fused-ring (bicyclic) bond motifs is 6. The Bertz CT molecular complexity index is 2510. The molecule has 0 bridgehead atoms. The number of aromatic nitrogens is 5. The van der Waals surface area contributed by atoms with E-state index < -0.39 is 0 Å². The summed E-state index contributed by atoms with van der Waals surface area (Å²) in [5.74, 6) is 1.78. The van der Waals surface area contributed by atoms with Crippen LogP contribution in [0.4, 0.5) is 0 Å². The lowest BCUT2D eigenvalue weighted by atomic mass is 10.0. The highest BCUT2D eigenvalue weighted by Gasteiger charge is 2.22. The van der Waals surface area contributed by atoms with Gasteiger partial charge in [-0.3, -0.25) is 0 Å². The Balaban J connectivity index is 1.30. The first-order valence-corrected chi connectivity index (χ1v) is 15.6. The largest absolute Gasteiger partial charge is 0.455 e. The van der Waals surface area contributed by atoms with Crippen molar-refractivity contribution >= 4 is 65.2 Å². The zero-order valence-corrected chi connectivity index (χ0v) is 25.0. The van der Waals surface area contributed by atoms with Crippen LogP contribution in [0.15, 0.2) is 126 Å². The second-order valence-electron chi connectivity index (χ2n) is 10.6. The van der Waals surface area contributed by atoms with Crippen LogP contribution in [0.3, 0.4) is 0 Å². The minimum Gasteiger partial charge on any atom is -0.455 e. The van der Waals surface area contributed by atoms with Gasteiger partial charge in [-0.2, -0.15) is 0 Å². The van der Waals surface area contributed by atoms with E-state index in [2.05, 4.69) is 23.2 Å².